The number of methoxy groups -OCH3 is 1. The highest BCUT2D eigenvalue weighted by atomic mass is 16.7. The van der Waals surface area contributed by atoms with Crippen molar-refractivity contribution in [1.82, 2.24) is 36.1 Å². The molecule has 0 radical (unpaired) electrons. The highest BCUT2D eigenvalue weighted by Crippen LogP contribution is 2.44. The highest BCUT2D eigenvalue weighted by molar-refractivity contribution is 6.38. The van der Waals surface area contributed by atoms with Gasteiger partial charge in [0, 0.05) is 38.0 Å². The molecular formula is C34H51N7O8. The van der Waals surface area contributed by atoms with Gasteiger partial charge in [0.2, 0.25) is 23.5 Å². The van der Waals surface area contributed by atoms with Crippen LogP contribution in [0.3, 0.4) is 0 Å². The number of hydrogen-bond donors (Lipinski definition) is 4. The molecule has 1 aromatic rings. The minimum Gasteiger partial charge on any atom is -0.359 e. The Morgan fingerprint density at radius 3 is 2.22 bits per heavy atom. The van der Waals surface area contributed by atoms with Crippen molar-refractivity contribution in [2.75, 3.05) is 20.4 Å². The Bertz CT molecular complexity index is 1350. The zero-order valence-electron chi connectivity index (χ0n) is 29.3. The quantitative estimate of drug-likeness (QED) is 0.134. The van der Waals surface area contributed by atoms with Gasteiger partial charge in [-0.05, 0) is 49.9 Å². The van der Waals surface area contributed by atoms with Crippen LogP contribution in [-0.2, 0) is 33.4 Å². The van der Waals surface area contributed by atoms with Gasteiger partial charge in [0.05, 0.1) is 18.3 Å². The Labute approximate surface area is 287 Å². The lowest BCUT2D eigenvalue weighted by Crippen LogP contribution is -2.60. The number of carbonyl (C=O) groups is 6. The number of ether oxygens (including phenoxy) is 2. The lowest BCUT2D eigenvalue weighted by Gasteiger charge is -2.34. The van der Waals surface area contributed by atoms with Crippen molar-refractivity contribution >= 4 is 35.3 Å². The number of rotatable bonds is 17. The predicted molar refractivity (Wildman–Crippen MR) is 176 cm³/mol. The van der Waals surface area contributed by atoms with E-state index < -0.39 is 59.5 Å². The maximum absolute atomic E-state index is 14.4. The molecule has 3 aliphatic rings. The summed E-state index contributed by atoms with van der Waals surface area (Å²) in [6.07, 6.45) is 7.54. The zero-order valence-corrected chi connectivity index (χ0v) is 29.3. The molecule has 4 N–H and O–H groups in total. The van der Waals surface area contributed by atoms with Gasteiger partial charge in [-0.3, -0.25) is 33.8 Å². The summed E-state index contributed by atoms with van der Waals surface area (Å²) in [5.41, 5.74) is 0.0463. The second-order valence-electron chi connectivity index (χ2n) is 13.9. The molecule has 1 aromatic heterocycles. The Hall–Kier alpha value is -3.98. The second-order valence-corrected chi connectivity index (χ2v) is 13.9. The smallest absolute Gasteiger partial charge is 0.289 e. The van der Waals surface area contributed by atoms with E-state index in [1.54, 1.807) is 27.7 Å². The fraction of sp³-hybridized carbons (Fsp3) is 0.706. The Morgan fingerprint density at radius 1 is 0.918 bits per heavy atom. The number of ketones is 1. The maximum Gasteiger partial charge on any atom is 0.289 e. The Balaban J connectivity index is 1.56. The molecule has 3 unspecified atom stereocenters. The molecule has 7 atom stereocenters. The average Bonchev–Trinajstić information content (AvgIpc) is 3.68. The topological polar surface area (TPSA) is 198 Å². The van der Waals surface area contributed by atoms with Crippen LogP contribution in [0.1, 0.15) is 83.6 Å². The molecule has 0 bridgehead atoms. The summed E-state index contributed by atoms with van der Waals surface area (Å²) in [6, 6.07) is -4.04. The minimum absolute atomic E-state index is 0.0144. The van der Waals surface area contributed by atoms with E-state index in [9.17, 15) is 28.8 Å². The number of aromatic nitrogens is 2. The number of likely N-dealkylation sites (tertiary alicyclic amines) is 1. The summed E-state index contributed by atoms with van der Waals surface area (Å²) >= 11 is 0. The van der Waals surface area contributed by atoms with Crippen molar-refractivity contribution in [3.63, 3.8) is 0 Å². The lowest BCUT2D eigenvalue weighted by molar-refractivity contribution is -0.145. The maximum atomic E-state index is 14.4. The van der Waals surface area contributed by atoms with Gasteiger partial charge in [0.1, 0.15) is 30.6 Å². The number of hydrogen-bond acceptors (Lipinski definition) is 10. The van der Waals surface area contributed by atoms with Gasteiger partial charge < -0.3 is 35.6 Å². The third-order valence-electron chi connectivity index (χ3n) is 9.52. The van der Waals surface area contributed by atoms with Crippen molar-refractivity contribution in [3.05, 3.63) is 24.3 Å². The number of carbonyl (C=O) groups excluding carboxylic acids is 6. The third kappa shape index (κ3) is 9.38. The van der Waals surface area contributed by atoms with E-state index >= 15 is 0 Å². The molecule has 15 nitrogen and oxygen atoms in total. The average molecular weight is 686 g/mol. The first-order valence-electron chi connectivity index (χ1n) is 17.3. The van der Waals surface area contributed by atoms with Crippen LogP contribution in [0.25, 0.3) is 0 Å². The fourth-order valence-electron chi connectivity index (χ4n) is 6.76. The molecule has 1 saturated heterocycles. The van der Waals surface area contributed by atoms with Crippen LogP contribution in [0.2, 0.25) is 0 Å². The molecule has 1 aliphatic heterocycles. The van der Waals surface area contributed by atoms with E-state index in [0.717, 1.165) is 12.8 Å². The van der Waals surface area contributed by atoms with E-state index in [4.69, 9.17) is 9.47 Å². The summed E-state index contributed by atoms with van der Waals surface area (Å²) < 4.78 is 11.1. The van der Waals surface area contributed by atoms with Crippen LogP contribution in [0.4, 0.5) is 0 Å². The molecule has 2 aliphatic carbocycles. The number of amides is 5. The molecule has 2 heterocycles. The van der Waals surface area contributed by atoms with Gasteiger partial charge in [-0.15, -0.1) is 0 Å². The molecule has 4 rings (SSSR count). The first-order valence-corrected chi connectivity index (χ1v) is 17.3. The van der Waals surface area contributed by atoms with Crippen molar-refractivity contribution < 1.29 is 38.2 Å². The van der Waals surface area contributed by atoms with Crippen molar-refractivity contribution in [3.8, 4) is 0 Å². The number of nitrogens with zero attached hydrogens (tertiary/aromatic N) is 3. The standard InChI is InChI=1S/C34H51N7O8/c1-7-8-23(29(42)33(46)37-20-9-10-20)38-32(45)28-21-11-12-25(49-17-48-6)22(21)16-41(28)34(47)27(19(4)5)40-31(44)26(18(2)3)39-30(43)24-15-35-13-14-36-24/h13-15,18-23,25-28H,7-12,16-17H2,1-6H3,(H,37,46)(H,38,45)(H,39,43)(H,40,44)/t21-,22?,23?,25+,26+,27-,28?/m0/s1. The molecule has 5 amide bonds. The summed E-state index contributed by atoms with van der Waals surface area (Å²) in [6.45, 7) is 9.23. The third-order valence-corrected chi connectivity index (χ3v) is 9.52. The second kappa shape index (κ2) is 17.1. The van der Waals surface area contributed by atoms with Gasteiger partial charge in [-0.25, -0.2) is 4.98 Å². The summed E-state index contributed by atoms with van der Waals surface area (Å²) in [5, 5.41) is 11.1. The molecule has 2 saturated carbocycles. The van der Waals surface area contributed by atoms with Gasteiger partial charge in [-0.1, -0.05) is 41.0 Å². The molecule has 15 heteroatoms. The van der Waals surface area contributed by atoms with E-state index in [2.05, 4.69) is 31.2 Å². The molecule has 3 fully saturated rings. The normalized spacial score (nSPS) is 23.4. The highest BCUT2D eigenvalue weighted by Gasteiger charge is 2.55. The van der Waals surface area contributed by atoms with Gasteiger partial charge >= 0.3 is 0 Å². The molecule has 0 spiro atoms. The van der Waals surface area contributed by atoms with Gasteiger partial charge in [0.15, 0.2) is 0 Å². The molecule has 0 aromatic carbocycles. The van der Waals surface area contributed by atoms with Crippen molar-refractivity contribution in [2.45, 2.75) is 109 Å². The SMILES string of the molecule is CCCC(NC(=O)C1[C@H]2CC[C@@H](OCOC)C2CN1C(=O)[C@@H](NC(=O)[C@H](NC(=O)c1cnccn1)C(C)C)C(C)C)C(=O)C(=O)NC1CC1. The van der Waals surface area contributed by atoms with E-state index in [1.807, 2.05) is 6.92 Å². The van der Waals surface area contributed by atoms with Crippen molar-refractivity contribution in [1.29, 1.82) is 0 Å². The van der Waals surface area contributed by atoms with E-state index in [1.165, 1.54) is 30.6 Å². The minimum atomic E-state index is -1.04. The van der Waals surface area contributed by atoms with Crippen LogP contribution in [0.5, 0.6) is 0 Å². The Morgan fingerprint density at radius 2 is 1.63 bits per heavy atom. The van der Waals surface area contributed by atoms with Gasteiger partial charge in [-0.2, -0.15) is 0 Å². The summed E-state index contributed by atoms with van der Waals surface area (Å²) in [5.74, 6) is -4.74. The van der Waals surface area contributed by atoms with Crippen molar-refractivity contribution in [2.24, 2.45) is 23.7 Å². The molecular weight excluding hydrogens is 634 g/mol. The van der Waals surface area contributed by atoms with Crippen LogP contribution < -0.4 is 21.3 Å². The lowest BCUT2D eigenvalue weighted by atomic mass is 9.92. The first kappa shape index (κ1) is 37.8. The van der Waals surface area contributed by atoms with E-state index in [0.29, 0.717) is 19.3 Å². The number of nitrogens with one attached hydrogen (secondary N) is 4. The summed E-state index contributed by atoms with van der Waals surface area (Å²) in [7, 11) is 1.52. The van der Waals surface area contributed by atoms with Crippen LogP contribution in [0.15, 0.2) is 18.6 Å². The van der Waals surface area contributed by atoms with Crippen LogP contribution in [-0.4, -0.2) is 107 Å². The molecule has 49 heavy (non-hydrogen) atoms. The van der Waals surface area contributed by atoms with Crippen LogP contribution in [0, 0.1) is 23.7 Å². The zero-order chi connectivity index (χ0) is 35.8. The number of fused-ring (bicyclic) bond motifs is 1. The van der Waals surface area contributed by atoms with E-state index in [-0.39, 0.29) is 61.3 Å². The van der Waals surface area contributed by atoms with Gasteiger partial charge in [0.25, 0.3) is 11.8 Å². The largest absolute Gasteiger partial charge is 0.359 e. The monoisotopic (exact) mass is 685 g/mol. The summed E-state index contributed by atoms with van der Waals surface area (Å²) in [4.78, 5) is 90.3. The first-order chi connectivity index (χ1) is 23.4. The molecule has 270 valence electrons. The Kier molecular flexibility index (Phi) is 13.2. The van der Waals surface area contributed by atoms with Crippen LogP contribution >= 0.6 is 0 Å². The number of Topliss-reactive ketones (excluding diaryl/α,β-unsaturated/α-hetero) is 1. The predicted octanol–water partition coefficient (Wildman–Crippen LogP) is 0.731. The fourth-order valence-corrected chi connectivity index (χ4v) is 6.76.